The first kappa shape index (κ1) is 11.6. The van der Waals surface area contributed by atoms with Gasteiger partial charge >= 0.3 is 0 Å². The Morgan fingerprint density at radius 2 is 2.18 bits per heavy atom. The quantitative estimate of drug-likeness (QED) is 0.478. The monoisotopic (exact) mass is 225 g/mol. The SMILES string of the molecule is CC#CCC(NN)c1ccnc2ccccc12. The number of pyridine rings is 1. The fourth-order valence-electron chi connectivity index (χ4n) is 1.88. The van der Waals surface area contributed by atoms with E-state index in [-0.39, 0.29) is 6.04 Å². The standard InChI is InChI=1S/C14H15N3/c1-2-3-7-14(17-15)12-9-10-16-13-8-5-4-6-11(12)13/h4-6,8-10,14,17H,7,15H2,1H3. The number of benzene rings is 1. The second-order valence-corrected chi connectivity index (χ2v) is 3.77. The van der Waals surface area contributed by atoms with Crippen LogP contribution < -0.4 is 11.3 Å². The highest BCUT2D eigenvalue weighted by Gasteiger charge is 2.11. The molecule has 3 N–H and O–H groups in total. The van der Waals surface area contributed by atoms with Crippen LogP contribution in [-0.4, -0.2) is 4.98 Å². The van der Waals surface area contributed by atoms with Crippen molar-refractivity contribution >= 4 is 10.9 Å². The molecule has 0 fully saturated rings. The van der Waals surface area contributed by atoms with Gasteiger partial charge in [-0.25, -0.2) is 0 Å². The highest BCUT2D eigenvalue weighted by molar-refractivity contribution is 5.82. The minimum Gasteiger partial charge on any atom is -0.271 e. The largest absolute Gasteiger partial charge is 0.271 e. The van der Waals surface area contributed by atoms with Gasteiger partial charge in [0.1, 0.15) is 0 Å². The van der Waals surface area contributed by atoms with Crippen molar-refractivity contribution in [2.75, 3.05) is 0 Å². The third-order valence-corrected chi connectivity index (χ3v) is 2.74. The van der Waals surface area contributed by atoms with E-state index in [1.165, 1.54) is 0 Å². The van der Waals surface area contributed by atoms with Gasteiger partial charge in [0.05, 0.1) is 11.6 Å². The normalized spacial score (nSPS) is 11.9. The van der Waals surface area contributed by atoms with E-state index >= 15 is 0 Å². The second kappa shape index (κ2) is 5.44. The van der Waals surface area contributed by atoms with Gasteiger partial charge in [-0.15, -0.1) is 11.8 Å². The smallest absolute Gasteiger partial charge is 0.0705 e. The van der Waals surface area contributed by atoms with Crippen molar-refractivity contribution in [1.29, 1.82) is 0 Å². The molecule has 2 rings (SSSR count). The van der Waals surface area contributed by atoms with Crippen molar-refractivity contribution in [1.82, 2.24) is 10.4 Å². The Labute approximate surface area is 101 Å². The molecule has 0 bridgehead atoms. The van der Waals surface area contributed by atoms with Crippen molar-refractivity contribution < 1.29 is 0 Å². The van der Waals surface area contributed by atoms with Gasteiger partial charge in [-0.2, -0.15) is 0 Å². The topological polar surface area (TPSA) is 50.9 Å². The summed E-state index contributed by atoms with van der Waals surface area (Å²) in [7, 11) is 0. The zero-order valence-corrected chi connectivity index (χ0v) is 9.77. The van der Waals surface area contributed by atoms with E-state index in [0.717, 1.165) is 16.5 Å². The van der Waals surface area contributed by atoms with Crippen LogP contribution in [0.15, 0.2) is 36.5 Å². The molecule has 17 heavy (non-hydrogen) atoms. The Bertz CT molecular complexity index is 561. The molecule has 0 amide bonds. The van der Waals surface area contributed by atoms with Gasteiger partial charge in [-0.1, -0.05) is 18.2 Å². The van der Waals surface area contributed by atoms with E-state index in [4.69, 9.17) is 5.84 Å². The maximum Gasteiger partial charge on any atom is 0.0705 e. The van der Waals surface area contributed by atoms with Gasteiger partial charge in [0.25, 0.3) is 0 Å². The Balaban J connectivity index is 2.48. The maximum absolute atomic E-state index is 5.60. The summed E-state index contributed by atoms with van der Waals surface area (Å²) in [5.74, 6) is 11.5. The first-order valence-corrected chi connectivity index (χ1v) is 5.56. The molecule has 3 heteroatoms. The summed E-state index contributed by atoms with van der Waals surface area (Å²) in [5.41, 5.74) is 4.94. The molecule has 0 aliphatic heterocycles. The van der Waals surface area contributed by atoms with Crippen molar-refractivity contribution in [3.8, 4) is 11.8 Å². The highest BCUT2D eigenvalue weighted by atomic mass is 15.2. The Morgan fingerprint density at radius 3 is 2.94 bits per heavy atom. The van der Waals surface area contributed by atoms with E-state index in [1.54, 1.807) is 6.20 Å². The Hall–Kier alpha value is -1.89. The van der Waals surface area contributed by atoms with Crippen LogP contribution in [0.25, 0.3) is 10.9 Å². The van der Waals surface area contributed by atoms with Crippen LogP contribution in [0.1, 0.15) is 24.9 Å². The van der Waals surface area contributed by atoms with E-state index in [0.29, 0.717) is 6.42 Å². The summed E-state index contributed by atoms with van der Waals surface area (Å²) in [4.78, 5) is 4.33. The molecule has 2 aromatic rings. The minimum absolute atomic E-state index is 0.0374. The molecular weight excluding hydrogens is 210 g/mol. The minimum atomic E-state index is 0.0374. The molecule has 0 saturated carbocycles. The number of nitrogens with two attached hydrogens (primary N) is 1. The number of hydrogen-bond acceptors (Lipinski definition) is 3. The van der Waals surface area contributed by atoms with Crippen molar-refractivity contribution in [2.24, 2.45) is 5.84 Å². The first-order chi connectivity index (χ1) is 8.36. The molecule has 1 aromatic heterocycles. The van der Waals surface area contributed by atoms with Gasteiger partial charge in [0.15, 0.2) is 0 Å². The lowest BCUT2D eigenvalue weighted by Gasteiger charge is -2.15. The van der Waals surface area contributed by atoms with E-state index in [1.807, 2.05) is 31.2 Å². The number of hydrazine groups is 1. The average Bonchev–Trinajstić information content (AvgIpc) is 2.40. The number of aromatic nitrogens is 1. The summed E-state index contributed by atoms with van der Waals surface area (Å²) in [5, 5.41) is 1.12. The first-order valence-electron chi connectivity index (χ1n) is 5.56. The summed E-state index contributed by atoms with van der Waals surface area (Å²) in [6.45, 7) is 1.83. The van der Waals surface area contributed by atoms with E-state index in [9.17, 15) is 0 Å². The molecule has 0 spiro atoms. The maximum atomic E-state index is 5.60. The van der Waals surface area contributed by atoms with Gasteiger partial charge in [0.2, 0.25) is 0 Å². The van der Waals surface area contributed by atoms with Crippen LogP contribution in [-0.2, 0) is 0 Å². The van der Waals surface area contributed by atoms with Gasteiger partial charge < -0.3 is 0 Å². The number of hydrogen-bond donors (Lipinski definition) is 2. The molecule has 1 heterocycles. The zero-order chi connectivity index (χ0) is 12.1. The molecule has 0 aliphatic rings. The lowest BCUT2D eigenvalue weighted by atomic mass is 10.0. The molecule has 3 nitrogen and oxygen atoms in total. The summed E-state index contributed by atoms with van der Waals surface area (Å²) >= 11 is 0. The summed E-state index contributed by atoms with van der Waals surface area (Å²) < 4.78 is 0. The zero-order valence-electron chi connectivity index (χ0n) is 9.77. The van der Waals surface area contributed by atoms with Gasteiger partial charge in [-0.3, -0.25) is 16.3 Å². The fraction of sp³-hybridized carbons (Fsp3) is 0.214. The second-order valence-electron chi connectivity index (χ2n) is 3.77. The van der Waals surface area contributed by atoms with E-state index < -0.39 is 0 Å². The predicted octanol–water partition coefficient (Wildman–Crippen LogP) is 2.15. The third kappa shape index (κ3) is 2.44. The fourth-order valence-corrected chi connectivity index (χ4v) is 1.88. The van der Waals surface area contributed by atoms with Crippen molar-refractivity contribution in [3.05, 3.63) is 42.1 Å². The van der Waals surface area contributed by atoms with Crippen LogP contribution >= 0.6 is 0 Å². The molecule has 1 atom stereocenters. The van der Waals surface area contributed by atoms with Crippen LogP contribution in [0.4, 0.5) is 0 Å². The molecule has 0 aliphatic carbocycles. The third-order valence-electron chi connectivity index (χ3n) is 2.74. The molecule has 86 valence electrons. The number of rotatable bonds is 3. The predicted molar refractivity (Wildman–Crippen MR) is 69.9 cm³/mol. The van der Waals surface area contributed by atoms with Gasteiger partial charge in [0, 0.05) is 18.0 Å². The van der Waals surface area contributed by atoms with Crippen molar-refractivity contribution in [3.63, 3.8) is 0 Å². The molecule has 1 unspecified atom stereocenters. The molecule has 0 radical (unpaired) electrons. The lowest BCUT2D eigenvalue weighted by molar-refractivity contribution is 0.571. The lowest BCUT2D eigenvalue weighted by Crippen LogP contribution is -2.27. The van der Waals surface area contributed by atoms with Crippen LogP contribution in [0.2, 0.25) is 0 Å². The highest BCUT2D eigenvalue weighted by Crippen LogP contribution is 2.23. The number of nitrogens with zero attached hydrogens (tertiary/aromatic N) is 1. The average molecular weight is 225 g/mol. The number of nitrogens with one attached hydrogen (secondary N) is 1. The molecule has 0 saturated heterocycles. The van der Waals surface area contributed by atoms with Crippen LogP contribution in [0.5, 0.6) is 0 Å². The van der Waals surface area contributed by atoms with E-state index in [2.05, 4.69) is 28.3 Å². The summed E-state index contributed by atoms with van der Waals surface area (Å²) in [6.07, 6.45) is 2.50. The van der Waals surface area contributed by atoms with Gasteiger partial charge in [-0.05, 0) is 24.6 Å². The van der Waals surface area contributed by atoms with Crippen LogP contribution in [0.3, 0.4) is 0 Å². The molecular formula is C14H15N3. The Kier molecular flexibility index (Phi) is 3.71. The Morgan fingerprint density at radius 1 is 1.35 bits per heavy atom. The summed E-state index contributed by atoms with van der Waals surface area (Å²) in [6, 6.07) is 10.1. The molecule has 1 aromatic carbocycles. The van der Waals surface area contributed by atoms with Crippen LogP contribution in [0, 0.1) is 11.8 Å². The number of fused-ring (bicyclic) bond motifs is 1. The van der Waals surface area contributed by atoms with Crippen molar-refractivity contribution in [2.45, 2.75) is 19.4 Å². The number of para-hydroxylation sites is 1.